The predicted octanol–water partition coefficient (Wildman–Crippen LogP) is 3.06. The van der Waals surface area contributed by atoms with Crippen LogP contribution in [0, 0.1) is 0 Å². The van der Waals surface area contributed by atoms with Crippen LogP contribution in [0.1, 0.15) is 34.5 Å². The maximum Gasteiger partial charge on any atom is 0.257 e. The second kappa shape index (κ2) is 6.33. The first-order valence-corrected chi connectivity index (χ1v) is 8.66. The number of amides is 1. The molecule has 1 aliphatic rings. The van der Waals surface area contributed by atoms with Crippen LogP contribution in [0.25, 0.3) is 10.9 Å². The number of nitrogens with zero attached hydrogens (tertiary/aromatic N) is 1. The van der Waals surface area contributed by atoms with Crippen molar-refractivity contribution in [2.75, 3.05) is 7.11 Å². The van der Waals surface area contributed by atoms with Crippen molar-refractivity contribution in [1.82, 2.24) is 9.88 Å². The summed E-state index contributed by atoms with van der Waals surface area (Å²) in [6, 6.07) is 13.4. The summed E-state index contributed by atoms with van der Waals surface area (Å²) >= 11 is 0. The van der Waals surface area contributed by atoms with Gasteiger partial charge in [0.15, 0.2) is 0 Å². The molecule has 0 radical (unpaired) electrons. The topological polar surface area (TPSA) is 60.3 Å². The summed E-state index contributed by atoms with van der Waals surface area (Å²) in [5.41, 5.74) is 3.05. The minimum absolute atomic E-state index is 0.192. The van der Waals surface area contributed by atoms with Crippen molar-refractivity contribution >= 4 is 16.8 Å². The molecule has 2 heterocycles. The molecule has 1 N–H and O–H groups in total. The number of ether oxygens (including phenoxy) is 1. The van der Waals surface area contributed by atoms with Crippen LogP contribution in [-0.2, 0) is 13.0 Å². The molecule has 5 nitrogen and oxygen atoms in total. The van der Waals surface area contributed by atoms with Crippen molar-refractivity contribution in [3.8, 4) is 5.75 Å². The van der Waals surface area contributed by atoms with Crippen LogP contribution in [0.3, 0.4) is 0 Å². The van der Waals surface area contributed by atoms with E-state index in [2.05, 4.69) is 12.2 Å². The van der Waals surface area contributed by atoms with Gasteiger partial charge in [-0.1, -0.05) is 24.3 Å². The van der Waals surface area contributed by atoms with E-state index in [-0.39, 0.29) is 22.9 Å². The molecule has 0 spiro atoms. The van der Waals surface area contributed by atoms with E-state index in [1.165, 1.54) is 0 Å². The minimum Gasteiger partial charge on any atom is -0.497 e. The largest absolute Gasteiger partial charge is 0.497 e. The van der Waals surface area contributed by atoms with Crippen LogP contribution < -0.4 is 15.5 Å². The monoisotopic (exact) mass is 348 g/mol. The molecule has 3 aromatic rings. The second-order valence-corrected chi connectivity index (χ2v) is 6.68. The van der Waals surface area contributed by atoms with E-state index in [0.717, 1.165) is 28.8 Å². The Labute approximate surface area is 151 Å². The number of aromatic nitrogens is 1. The molecule has 132 valence electrons. The summed E-state index contributed by atoms with van der Waals surface area (Å²) in [7, 11) is 1.61. The van der Waals surface area contributed by atoms with Crippen molar-refractivity contribution < 1.29 is 9.53 Å². The van der Waals surface area contributed by atoms with Gasteiger partial charge in [0, 0.05) is 24.2 Å². The summed E-state index contributed by atoms with van der Waals surface area (Å²) in [6.45, 7) is 2.46. The maximum atomic E-state index is 12.8. The van der Waals surface area contributed by atoms with Gasteiger partial charge in [0.05, 0.1) is 12.6 Å². The highest BCUT2D eigenvalue weighted by molar-refractivity contribution is 5.98. The fourth-order valence-corrected chi connectivity index (χ4v) is 3.60. The standard InChI is InChI=1S/C21H20N2O3/c1-13-10-15-4-3-5-17-19(15)23(13)12-18(20(17)24)21(25)22-11-14-6-8-16(26-2)9-7-14/h3-9,12-13H,10-11H2,1-2H3,(H,22,25)/t13-/m0/s1. The number of benzene rings is 2. The molecule has 0 bridgehead atoms. The molecule has 0 fully saturated rings. The fourth-order valence-electron chi connectivity index (χ4n) is 3.60. The van der Waals surface area contributed by atoms with E-state index >= 15 is 0 Å². The lowest BCUT2D eigenvalue weighted by Gasteiger charge is -2.13. The van der Waals surface area contributed by atoms with Gasteiger partial charge >= 0.3 is 0 Å². The van der Waals surface area contributed by atoms with Gasteiger partial charge in [-0.3, -0.25) is 9.59 Å². The number of methoxy groups -OCH3 is 1. The Hall–Kier alpha value is -3.08. The van der Waals surface area contributed by atoms with Gasteiger partial charge in [-0.25, -0.2) is 0 Å². The van der Waals surface area contributed by atoms with E-state index in [9.17, 15) is 9.59 Å². The summed E-state index contributed by atoms with van der Waals surface area (Å²) in [5.74, 6) is 0.418. The van der Waals surface area contributed by atoms with E-state index < -0.39 is 0 Å². The molecule has 0 aliphatic carbocycles. The summed E-state index contributed by atoms with van der Waals surface area (Å²) in [5, 5.41) is 3.46. The van der Waals surface area contributed by atoms with Gasteiger partial charge in [0.1, 0.15) is 11.3 Å². The summed E-state index contributed by atoms with van der Waals surface area (Å²) < 4.78 is 7.18. The fraction of sp³-hybridized carbons (Fsp3) is 0.238. The Balaban J connectivity index is 1.63. The first-order valence-electron chi connectivity index (χ1n) is 8.66. The van der Waals surface area contributed by atoms with Crippen LogP contribution in [0.5, 0.6) is 5.75 Å². The number of para-hydroxylation sites is 1. The van der Waals surface area contributed by atoms with Gasteiger partial charge in [0.25, 0.3) is 5.91 Å². The zero-order valence-corrected chi connectivity index (χ0v) is 14.8. The molecule has 1 atom stereocenters. The number of carbonyl (C=O) groups excluding carboxylic acids is 1. The molecule has 4 rings (SSSR count). The molecule has 1 aliphatic heterocycles. The van der Waals surface area contributed by atoms with Gasteiger partial charge < -0.3 is 14.6 Å². The Bertz CT molecular complexity index is 1050. The Kier molecular flexibility index (Phi) is 3.99. The van der Waals surface area contributed by atoms with Crippen LogP contribution in [0.4, 0.5) is 0 Å². The first-order chi connectivity index (χ1) is 12.6. The highest BCUT2D eigenvalue weighted by atomic mass is 16.5. The van der Waals surface area contributed by atoms with Gasteiger partial charge in [0.2, 0.25) is 5.43 Å². The molecular formula is C21H20N2O3. The van der Waals surface area contributed by atoms with Crippen molar-refractivity contribution in [3.05, 3.63) is 75.6 Å². The Morgan fingerprint density at radius 2 is 2.00 bits per heavy atom. The zero-order chi connectivity index (χ0) is 18.3. The van der Waals surface area contributed by atoms with Crippen LogP contribution in [-0.4, -0.2) is 17.6 Å². The van der Waals surface area contributed by atoms with Gasteiger partial charge in [-0.2, -0.15) is 0 Å². The summed E-state index contributed by atoms with van der Waals surface area (Å²) in [4.78, 5) is 25.5. The zero-order valence-electron chi connectivity index (χ0n) is 14.8. The molecule has 26 heavy (non-hydrogen) atoms. The predicted molar refractivity (Wildman–Crippen MR) is 101 cm³/mol. The number of pyridine rings is 1. The minimum atomic E-state index is -0.346. The second-order valence-electron chi connectivity index (χ2n) is 6.68. The number of hydrogen-bond donors (Lipinski definition) is 1. The molecule has 0 saturated carbocycles. The van der Waals surface area contributed by atoms with Gasteiger partial charge in [-0.05, 0) is 42.7 Å². The molecular weight excluding hydrogens is 328 g/mol. The van der Waals surface area contributed by atoms with E-state index in [1.807, 2.05) is 41.0 Å². The molecule has 0 saturated heterocycles. The van der Waals surface area contributed by atoms with Crippen LogP contribution >= 0.6 is 0 Å². The quantitative estimate of drug-likeness (QED) is 0.788. The van der Waals surface area contributed by atoms with E-state index in [1.54, 1.807) is 19.4 Å². The Morgan fingerprint density at radius 1 is 1.23 bits per heavy atom. The number of nitrogens with one attached hydrogen (secondary N) is 1. The third-order valence-electron chi connectivity index (χ3n) is 4.98. The average molecular weight is 348 g/mol. The highest BCUT2D eigenvalue weighted by Crippen LogP contribution is 2.30. The lowest BCUT2D eigenvalue weighted by molar-refractivity contribution is 0.0949. The SMILES string of the molecule is COc1ccc(CNC(=O)c2cn3c4c(cccc4c2=O)C[C@@H]3C)cc1. The smallest absolute Gasteiger partial charge is 0.257 e. The molecule has 1 amide bonds. The van der Waals surface area contributed by atoms with Crippen molar-refractivity contribution in [2.45, 2.75) is 25.9 Å². The molecule has 1 aromatic heterocycles. The van der Waals surface area contributed by atoms with E-state index in [4.69, 9.17) is 4.74 Å². The third-order valence-corrected chi connectivity index (χ3v) is 4.98. The number of carbonyl (C=O) groups is 1. The third kappa shape index (κ3) is 2.65. The van der Waals surface area contributed by atoms with Crippen molar-refractivity contribution in [1.29, 1.82) is 0 Å². The lowest BCUT2D eigenvalue weighted by atomic mass is 10.1. The summed E-state index contributed by atoms with van der Waals surface area (Å²) in [6.07, 6.45) is 2.59. The lowest BCUT2D eigenvalue weighted by Crippen LogP contribution is -2.29. The highest BCUT2D eigenvalue weighted by Gasteiger charge is 2.24. The van der Waals surface area contributed by atoms with Crippen molar-refractivity contribution in [2.24, 2.45) is 0 Å². The average Bonchev–Trinajstić information content (AvgIpc) is 2.99. The van der Waals surface area contributed by atoms with Gasteiger partial charge in [-0.15, -0.1) is 0 Å². The first kappa shape index (κ1) is 16.4. The number of hydrogen-bond acceptors (Lipinski definition) is 3. The van der Waals surface area contributed by atoms with Crippen molar-refractivity contribution in [3.63, 3.8) is 0 Å². The molecule has 0 unspecified atom stereocenters. The maximum absolute atomic E-state index is 12.8. The van der Waals surface area contributed by atoms with Crippen LogP contribution in [0.2, 0.25) is 0 Å². The molecule has 2 aromatic carbocycles. The Morgan fingerprint density at radius 3 is 2.73 bits per heavy atom. The number of rotatable bonds is 4. The molecule has 5 heteroatoms. The normalized spacial score (nSPS) is 15.2. The van der Waals surface area contributed by atoms with E-state index in [0.29, 0.717) is 11.9 Å². The van der Waals surface area contributed by atoms with Crippen LogP contribution in [0.15, 0.2) is 53.5 Å².